The molecular weight excluding hydrogens is 248 g/mol. The fourth-order valence-corrected chi connectivity index (χ4v) is 1.58. The van der Waals surface area contributed by atoms with Crippen molar-refractivity contribution in [3.05, 3.63) is 35.4 Å². The van der Waals surface area contributed by atoms with Crippen LogP contribution in [0.15, 0.2) is 24.3 Å². The maximum Gasteiger partial charge on any atom is 0.0716 e. The van der Waals surface area contributed by atoms with Gasteiger partial charge in [-0.1, -0.05) is 58.9 Å². The van der Waals surface area contributed by atoms with Crippen LogP contribution in [0.4, 0.5) is 0 Å². The summed E-state index contributed by atoms with van der Waals surface area (Å²) < 4.78 is 11.1. The minimum absolute atomic E-state index is 0.711. The zero-order valence-electron chi connectivity index (χ0n) is 13.9. The highest BCUT2D eigenvalue weighted by atomic mass is 16.5. The van der Waals surface area contributed by atoms with Gasteiger partial charge in [-0.3, -0.25) is 0 Å². The summed E-state index contributed by atoms with van der Waals surface area (Å²) in [4.78, 5) is 0. The molecule has 0 fully saturated rings. The van der Waals surface area contributed by atoms with E-state index in [2.05, 4.69) is 45.0 Å². The summed E-state index contributed by atoms with van der Waals surface area (Å²) in [5, 5.41) is 0. The summed E-state index contributed by atoms with van der Waals surface area (Å²) in [5.41, 5.74) is 2.47. The predicted molar refractivity (Wildman–Crippen MR) is 86.8 cm³/mol. The van der Waals surface area contributed by atoms with Crippen LogP contribution in [-0.2, 0) is 22.7 Å². The van der Waals surface area contributed by atoms with E-state index in [4.69, 9.17) is 9.47 Å². The lowest BCUT2D eigenvalue weighted by atomic mass is 10.1. The van der Waals surface area contributed by atoms with Gasteiger partial charge < -0.3 is 9.47 Å². The zero-order valence-corrected chi connectivity index (χ0v) is 13.9. The van der Waals surface area contributed by atoms with Crippen LogP contribution in [0.2, 0.25) is 0 Å². The highest BCUT2D eigenvalue weighted by Gasteiger charge is 1.97. The van der Waals surface area contributed by atoms with E-state index in [9.17, 15) is 0 Å². The molecule has 2 heteroatoms. The lowest BCUT2D eigenvalue weighted by Gasteiger charge is -2.07. The Morgan fingerprint density at radius 3 is 1.70 bits per heavy atom. The molecule has 116 valence electrons. The number of rotatable bonds is 9. The highest BCUT2D eigenvalue weighted by Crippen LogP contribution is 2.08. The summed E-state index contributed by atoms with van der Waals surface area (Å²) in [6.45, 7) is 13.7. The van der Waals surface area contributed by atoms with Crippen LogP contribution < -0.4 is 0 Å². The van der Waals surface area contributed by atoms with Crippen LogP contribution in [0.3, 0.4) is 0 Å². The third-order valence-corrected chi connectivity index (χ3v) is 2.75. The molecule has 0 saturated heterocycles. The van der Waals surface area contributed by atoms with Crippen LogP contribution in [0.1, 0.15) is 58.6 Å². The lowest BCUT2D eigenvalue weighted by Crippen LogP contribution is -1.99. The molecule has 2 nitrogen and oxygen atoms in total. The molecule has 0 aliphatic rings. The molecule has 1 aromatic rings. The first-order chi connectivity index (χ1) is 9.72. The maximum atomic E-state index is 5.64. The molecule has 0 N–H and O–H groups in total. The van der Waals surface area contributed by atoms with E-state index >= 15 is 0 Å². The van der Waals surface area contributed by atoms with Gasteiger partial charge in [0.05, 0.1) is 13.2 Å². The SMILES string of the molecule is CC.CCCOCc1ccc(COCCC(C)C)cc1. The van der Waals surface area contributed by atoms with Gasteiger partial charge in [0.25, 0.3) is 0 Å². The van der Waals surface area contributed by atoms with Gasteiger partial charge >= 0.3 is 0 Å². The molecule has 0 amide bonds. The summed E-state index contributed by atoms with van der Waals surface area (Å²) in [6, 6.07) is 8.49. The van der Waals surface area contributed by atoms with Crippen molar-refractivity contribution in [1.82, 2.24) is 0 Å². The van der Waals surface area contributed by atoms with Crippen LogP contribution >= 0.6 is 0 Å². The minimum atomic E-state index is 0.711. The van der Waals surface area contributed by atoms with Crippen LogP contribution in [0, 0.1) is 5.92 Å². The fourth-order valence-electron chi connectivity index (χ4n) is 1.58. The first-order valence-corrected chi connectivity index (χ1v) is 7.95. The van der Waals surface area contributed by atoms with Crippen LogP contribution in [-0.4, -0.2) is 13.2 Å². The van der Waals surface area contributed by atoms with Gasteiger partial charge in [0.15, 0.2) is 0 Å². The van der Waals surface area contributed by atoms with Gasteiger partial charge in [-0.2, -0.15) is 0 Å². The van der Waals surface area contributed by atoms with Crippen molar-refractivity contribution in [3.8, 4) is 0 Å². The monoisotopic (exact) mass is 280 g/mol. The van der Waals surface area contributed by atoms with Crippen molar-refractivity contribution in [3.63, 3.8) is 0 Å². The molecule has 0 aliphatic heterocycles. The smallest absolute Gasteiger partial charge is 0.0716 e. The van der Waals surface area contributed by atoms with E-state index in [1.54, 1.807) is 0 Å². The predicted octanol–water partition coefficient (Wildman–Crippen LogP) is 5.20. The van der Waals surface area contributed by atoms with Gasteiger partial charge in [0.1, 0.15) is 0 Å². The molecule has 0 heterocycles. The van der Waals surface area contributed by atoms with E-state index in [0.29, 0.717) is 19.1 Å². The second-order valence-corrected chi connectivity index (χ2v) is 5.10. The van der Waals surface area contributed by atoms with Crippen LogP contribution in [0.5, 0.6) is 0 Å². The summed E-state index contributed by atoms with van der Waals surface area (Å²) in [6.07, 6.45) is 2.20. The Bertz CT molecular complexity index is 304. The Hall–Kier alpha value is -0.860. The van der Waals surface area contributed by atoms with Gasteiger partial charge in [0.2, 0.25) is 0 Å². The fraction of sp³-hybridized carbons (Fsp3) is 0.667. The van der Waals surface area contributed by atoms with Crippen molar-refractivity contribution < 1.29 is 9.47 Å². The molecule has 0 unspecified atom stereocenters. The second kappa shape index (κ2) is 13.1. The molecule has 0 atom stereocenters. The van der Waals surface area contributed by atoms with E-state index in [0.717, 1.165) is 26.1 Å². The zero-order chi connectivity index (χ0) is 15.2. The Morgan fingerprint density at radius 2 is 1.30 bits per heavy atom. The number of ether oxygens (including phenoxy) is 2. The van der Waals surface area contributed by atoms with Gasteiger partial charge in [-0.15, -0.1) is 0 Å². The largest absolute Gasteiger partial charge is 0.377 e. The normalized spacial score (nSPS) is 10.3. The molecule has 1 rings (SSSR count). The quantitative estimate of drug-likeness (QED) is 0.579. The maximum absolute atomic E-state index is 5.64. The average Bonchev–Trinajstić information content (AvgIpc) is 2.47. The molecule has 1 aromatic carbocycles. The van der Waals surface area contributed by atoms with Crippen molar-refractivity contribution in [1.29, 1.82) is 0 Å². The van der Waals surface area contributed by atoms with Crippen molar-refractivity contribution in [2.24, 2.45) is 5.92 Å². The van der Waals surface area contributed by atoms with Crippen LogP contribution in [0.25, 0.3) is 0 Å². The molecule has 0 bridgehead atoms. The van der Waals surface area contributed by atoms with E-state index in [1.165, 1.54) is 11.1 Å². The Balaban J connectivity index is 0.00000172. The Kier molecular flexibility index (Phi) is 12.6. The summed E-state index contributed by atoms with van der Waals surface area (Å²) in [5.74, 6) is 0.711. The van der Waals surface area contributed by atoms with Crippen molar-refractivity contribution in [2.75, 3.05) is 13.2 Å². The van der Waals surface area contributed by atoms with Gasteiger partial charge in [-0.05, 0) is 29.9 Å². The minimum Gasteiger partial charge on any atom is -0.377 e. The first-order valence-electron chi connectivity index (χ1n) is 7.95. The number of hydrogen-bond acceptors (Lipinski definition) is 2. The van der Waals surface area contributed by atoms with Gasteiger partial charge in [0, 0.05) is 13.2 Å². The van der Waals surface area contributed by atoms with Crippen molar-refractivity contribution >= 4 is 0 Å². The van der Waals surface area contributed by atoms with E-state index in [-0.39, 0.29) is 0 Å². The van der Waals surface area contributed by atoms with Gasteiger partial charge in [-0.25, -0.2) is 0 Å². The molecule has 0 saturated carbocycles. The molecule has 0 aromatic heterocycles. The molecule has 20 heavy (non-hydrogen) atoms. The lowest BCUT2D eigenvalue weighted by molar-refractivity contribution is 0.110. The summed E-state index contributed by atoms with van der Waals surface area (Å²) in [7, 11) is 0. The second-order valence-electron chi connectivity index (χ2n) is 5.10. The average molecular weight is 280 g/mol. The third-order valence-electron chi connectivity index (χ3n) is 2.75. The molecular formula is C18H32O2. The Labute approximate surface area is 125 Å². The third kappa shape index (κ3) is 9.99. The van der Waals surface area contributed by atoms with E-state index in [1.807, 2.05) is 13.8 Å². The molecule has 0 radical (unpaired) electrons. The molecule has 0 aliphatic carbocycles. The number of benzene rings is 1. The topological polar surface area (TPSA) is 18.5 Å². The number of hydrogen-bond donors (Lipinski definition) is 0. The standard InChI is InChI=1S/C16H26O2.C2H6/c1-4-10-17-12-15-5-7-16(8-6-15)13-18-11-9-14(2)3;1-2/h5-8,14H,4,9-13H2,1-3H3;1-2H3. The highest BCUT2D eigenvalue weighted by molar-refractivity contribution is 5.21. The summed E-state index contributed by atoms with van der Waals surface area (Å²) >= 11 is 0. The Morgan fingerprint density at radius 1 is 0.850 bits per heavy atom. The van der Waals surface area contributed by atoms with E-state index < -0.39 is 0 Å². The first kappa shape index (κ1) is 19.1. The van der Waals surface area contributed by atoms with Crippen molar-refractivity contribution in [2.45, 2.75) is 60.7 Å². The molecule has 0 spiro atoms.